The Morgan fingerprint density at radius 2 is 2.09 bits per heavy atom. The lowest BCUT2D eigenvalue weighted by molar-refractivity contribution is 1.13. The van der Waals surface area contributed by atoms with E-state index in [-0.39, 0.29) is 0 Å². The number of aryl methyl sites for hydroxylation is 1. The maximum atomic E-state index is 5.86. The van der Waals surface area contributed by atoms with Gasteiger partial charge in [0.25, 0.3) is 0 Å². The molecule has 0 amide bonds. The van der Waals surface area contributed by atoms with Crippen molar-refractivity contribution in [3.8, 4) is 0 Å². The minimum absolute atomic E-state index is 0.918. The van der Waals surface area contributed by atoms with Gasteiger partial charge in [-0.25, -0.2) is 0 Å². The summed E-state index contributed by atoms with van der Waals surface area (Å²) in [7, 11) is 0. The SMILES string of the molecule is CCc1ccc(Br)c(C)c1N. The second-order valence-corrected chi connectivity index (χ2v) is 3.45. The Morgan fingerprint density at radius 3 is 2.64 bits per heavy atom. The number of nitrogens with two attached hydrogens (primary N) is 1. The summed E-state index contributed by atoms with van der Waals surface area (Å²) in [6.45, 7) is 4.14. The fourth-order valence-corrected chi connectivity index (χ4v) is 1.41. The Kier molecular flexibility index (Phi) is 2.55. The molecular formula is C9H12BrN. The molecule has 1 aromatic carbocycles. The molecule has 2 N–H and O–H groups in total. The first-order valence-electron chi connectivity index (χ1n) is 3.70. The highest BCUT2D eigenvalue weighted by molar-refractivity contribution is 9.10. The molecule has 0 bridgehead atoms. The first-order valence-corrected chi connectivity index (χ1v) is 4.49. The molecule has 1 aromatic rings. The van der Waals surface area contributed by atoms with Crippen molar-refractivity contribution in [2.75, 3.05) is 5.73 Å². The van der Waals surface area contributed by atoms with Crippen molar-refractivity contribution in [2.24, 2.45) is 0 Å². The number of rotatable bonds is 1. The van der Waals surface area contributed by atoms with Crippen LogP contribution in [-0.2, 0) is 6.42 Å². The van der Waals surface area contributed by atoms with Crippen LogP contribution in [0.4, 0.5) is 5.69 Å². The fraction of sp³-hybridized carbons (Fsp3) is 0.333. The maximum absolute atomic E-state index is 5.86. The number of hydrogen-bond acceptors (Lipinski definition) is 1. The van der Waals surface area contributed by atoms with Crippen molar-refractivity contribution < 1.29 is 0 Å². The highest BCUT2D eigenvalue weighted by Crippen LogP contribution is 2.25. The molecule has 0 spiro atoms. The van der Waals surface area contributed by atoms with E-state index in [0.29, 0.717) is 0 Å². The van der Waals surface area contributed by atoms with Gasteiger partial charge in [-0.15, -0.1) is 0 Å². The summed E-state index contributed by atoms with van der Waals surface area (Å²) in [6.07, 6.45) is 1.000. The zero-order chi connectivity index (χ0) is 8.43. The molecule has 0 aliphatic heterocycles. The van der Waals surface area contributed by atoms with E-state index < -0.39 is 0 Å². The van der Waals surface area contributed by atoms with E-state index in [1.807, 2.05) is 13.0 Å². The van der Waals surface area contributed by atoms with Crippen LogP contribution in [0.1, 0.15) is 18.1 Å². The molecule has 0 saturated carbocycles. The molecule has 0 heterocycles. The standard InChI is InChI=1S/C9H12BrN/c1-3-7-4-5-8(10)6(2)9(7)11/h4-5H,3,11H2,1-2H3. The molecule has 0 aromatic heterocycles. The summed E-state index contributed by atoms with van der Waals surface area (Å²) in [5.74, 6) is 0. The number of nitrogen functional groups attached to an aromatic ring is 1. The molecule has 0 radical (unpaired) electrons. The van der Waals surface area contributed by atoms with Gasteiger partial charge in [0, 0.05) is 10.2 Å². The minimum atomic E-state index is 0.918. The lowest BCUT2D eigenvalue weighted by Crippen LogP contribution is -1.96. The summed E-state index contributed by atoms with van der Waals surface area (Å²) >= 11 is 3.43. The first kappa shape index (κ1) is 8.60. The predicted molar refractivity (Wildman–Crippen MR) is 52.7 cm³/mol. The average Bonchev–Trinajstić information content (AvgIpc) is 2.01. The van der Waals surface area contributed by atoms with Crippen molar-refractivity contribution in [1.82, 2.24) is 0 Å². The van der Waals surface area contributed by atoms with E-state index in [9.17, 15) is 0 Å². The third-order valence-corrected chi connectivity index (χ3v) is 2.78. The first-order chi connectivity index (χ1) is 5.16. The maximum Gasteiger partial charge on any atom is 0.0387 e. The van der Waals surface area contributed by atoms with Crippen LogP contribution in [-0.4, -0.2) is 0 Å². The minimum Gasteiger partial charge on any atom is -0.398 e. The van der Waals surface area contributed by atoms with Crippen LogP contribution in [0.25, 0.3) is 0 Å². The van der Waals surface area contributed by atoms with Gasteiger partial charge in [0.15, 0.2) is 0 Å². The van der Waals surface area contributed by atoms with Crippen LogP contribution in [0.2, 0.25) is 0 Å². The molecule has 0 aliphatic carbocycles. The predicted octanol–water partition coefficient (Wildman–Crippen LogP) is 2.90. The lowest BCUT2D eigenvalue weighted by Gasteiger charge is -2.07. The smallest absolute Gasteiger partial charge is 0.0387 e. The largest absolute Gasteiger partial charge is 0.398 e. The van der Waals surface area contributed by atoms with Gasteiger partial charge in [0.05, 0.1) is 0 Å². The number of hydrogen-bond donors (Lipinski definition) is 1. The third-order valence-electron chi connectivity index (χ3n) is 1.92. The van der Waals surface area contributed by atoms with Crippen molar-refractivity contribution in [3.63, 3.8) is 0 Å². The van der Waals surface area contributed by atoms with E-state index in [1.165, 1.54) is 5.56 Å². The average molecular weight is 214 g/mol. The van der Waals surface area contributed by atoms with Crippen molar-refractivity contribution >= 4 is 21.6 Å². The second kappa shape index (κ2) is 3.26. The third kappa shape index (κ3) is 1.56. The summed E-state index contributed by atoms with van der Waals surface area (Å²) in [6, 6.07) is 4.11. The Hall–Kier alpha value is -0.500. The van der Waals surface area contributed by atoms with Crippen molar-refractivity contribution in [3.05, 3.63) is 27.7 Å². The fourth-order valence-electron chi connectivity index (χ4n) is 1.07. The Labute approximate surface area is 75.7 Å². The molecule has 11 heavy (non-hydrogen) atoms. The van der Waals surface area contributed by atoms with Gasteiger partial charge in [-0.1, -0.05) is 28.9 Å². The molecule has 0 unspecified atom stereocenters. The summed E-state index contributed by atoms with van der Waals surface area (Å²) < 4.78 is 1.09. The van der Waals surface area contributed by atoms with Crippen LogP contribution in [0, 0.1) is 6.92 Å². The van der Waals surface area contributed by atoms with E-state index in [0.717, 1.165) is 22.1 Å². The van der Waals surface area contributed by atoms with Crippen LogP contribution in [0.5, 0.6) is 0 Å². The monoisotopic (exact) mass is 213 g/mol. The van der Waals surface area contributed by atoms with Crippen LogP contribution in [0.3, 0.4) is 0 Å². The normalized spacial score (nSPS) is 10.1. The Balaban J connectivity index is 3.25. The molecule has 0 saturated heterocycles. The summed E-state index contributed by atoms with van der Waals surface area (Å²) in [4.78, 5) is 0. The van der Waals surface area contributed by atoms with Gasteiger partial charge >= 0.3 is 0 Å². The summed E-state index contributed by atoms with van der Waals surface area (Å²) in [5, 5.41) is 0. The number of anilines is 1. The second-order valence-electron chi connectivity index (χ2n) is 2.60. The van der Waals surface area contributed by atoms with Gasteiger partial charge in [0.1, 0.15) is 0 Å². The van der Waals surface area contributed by atoms with Gasteiger partial charge in [-0.05, 0) is 30.5 Å². The van der Waals surface area contributed by atoms with Crippen molar-refractivity contribution in [1.29, 1.82) is 0 Å². The zero-order valence-corrected chi connectivity index (χ0v) is 8.40. The van der Waals surface area contributed by atoms with E-state index in [2.05, 4.69) is 28.9 Å². The molecule has 1 nitrogen and oxygen atoms in total. The number of benzene rings is 1. The molecule has 0 atom stereocenters. The van der Waals surface area contributed by atoms with E-state index >= 15 is 0 Å². The van der Waals surface area contributed by atoms with Gasteiger partial charge < -0.3 is 5.73 Å². The van der Waals surface area contributed by atoms with Crippen LogP contribution < -0.4 is 5.73 Å². The zero-order valence-electron chi connectivity index (χ0n) is 6.82. The molecule has 0 aliphatic rings. The molecule has 1 rings (SSSR count). The topological polar surface area (TPSA) is 26.0 Å². The Bertz CT molecular complexity index is 269. The molecule has 0 fully saturated rings. The van der Waals surface area contributed by atoms with Gasteiger partial charge in [-0.3, -0.25) is 0 Å². The summed E-state index contributed by atoms with van der Waals surface area (Å²) in [5.41, 5.74) is 9.15. The highest BCUT2D eigenvalue weighted by Gasteiger charge is 2.02. The molecular weight excluding hydrogens is 202 g/mol. The Morgan fingerprint density at radius 1 is 1.45 bits per heavy atom. The lowest BCUT2D eigenvalue weighted by atomic mass is 10.1. The van der Waals surface area contributed by atoms with Crippen LogP contribution in [0.15, 0.2) is 16.6 Å². The molecule has 2 heteroatoms. The van der Waals surface area contributed by atoms with Crippen molar-refractivity contribution in [2.45, 2.75) is 20.3 Å². The van der Waals surface area contributed by atoms with Gasteiger partial charge in [0.2, 0.25) is 0 Å². The van der Waals surface area contributed by atoms with E-state index in [1.54, 1.807) is 0 Å². The van der Waals surface area contributed by atoms with Gasteiger partial charge in [-0.2, -0.15) is 0 Å². The quantitative estimate of drug-likeness (QED) is 0.714. The highest BCUT2D eigenvalue weighted by atomic mass is 79.9. The van der Waals surface area contributed by atoms with E-state index in [4.69, 9.17) is 5.73 Å². The molecule has 60 valence electrons. The number of halogens is 1. The van der Waals surface area contributed by atoms with Crippen LogP contribution >= 0.6 is 15.9 Å².